The number of hydrogen-bond acceptors (Lipinski definition) is 5. The predicted molar refractivity (Wildman–Crippen MR) is 90.0 cm³/mol. The van der Waals surface area contributed by atoms with Gasteiger partial charge in [-0.2, -0.15) is 5.10 Å². The molecule has 3 heterocycles. The molecule has 4 rings (SSSR count). The van der Waals surface area contributed by atoms with E-state index < -0.39 is 0 Å². The Labute approximate surface area is 143 Å². The number of carbonyl (C=O) groups excluding carboxylic acids is 2. The minimum Gasteiger partial charge on any atom is -0.336 e. The zero-order chi connectivity index (χ0) is 16.5. The predicted octanol–water partition coefficient (Wildman–Crippen LogP) is 1.85. The van der Waals surface area contributed by atoms with Crippen molar-refractivity contribution in [2.75, 3.05) is 18.4 Å². The van der Waals surface area contributed by atoms with Crippen molar-refractivity contribution < 1.29 is 9.59 Å². The molecule has 8 heteroatoms. The van der Waals surface area contributed by atoms with Gasteiger partial charge in [-0.1, -0.05) is 0 Å². The lowest BCUT2D eigenvalue weighted by Gasteiger charge is -2.31. The molecule has 0 bridgehead atoms. The largest absolute Gasteiger partial charge is 0.336 e. The topological polar surface area (TPSA) is 91.0 Å². The highest BCUT2D eigenvalue weighted by Crippen LogP contribution is 2.26. The molecule has 0 saturated carbocycles. The number of piperidine rings is 1. The molecular formula is C16H19N5O2S. The SMILES string of the molecule is O=C(Nc1nccs1)[C@H]1CCCN(C(=O)c2n[nH]c3c2CCC3)C1. The molecule has 2 amide bonds. The van der Waals surface area contributed by atoms with Crippen molar-refractivity contribution in [2.45, 2.75) is 32.1 Å². The summed E-state index contributed by atoms with van der Waals surface area (Å²) in [6, 6.07) is 0. The van der Waals surface area contributed by atoms with Crippen LogP contribution < -0.4 is 5.32 Å². The minimum absolute atomic E-state index is 0.0545. The van der Waals surface area contributed by atoms with Crippen molar-refractivity contribution in [1.29, 1.82) is 0 Å². The van der Waals surface area contributed by atoms with E-state index in [9.17, 15) is 9.59 Å². The van der Waals surface area contributed by atoms with Gasteiger partial charge in [0.1, 0.15) is 0 Å². The monoisotopic (exact) mass is 345 g/mol. The quantitative estimate of drug-likeness (QED) is 0.888. The summed E-state index contributed by atoms with van der Waals surface area (Å²) in [6.07, 6.45) is 6.23. The van der Waals surface area contributed by atoms with E-state index in [0.29, 0.717) is 23.9 Å². The Morgan fingerprint density at radius 3 is 3.08 bits per heavy atom. The first-order chi connectivity index (χ1) is 11.7. The Morgan fingerprint density at radius 1 is 1.33 bits per heavy atom. The fourth-order valence-electron chi connectivity index (χ4n) is 3.51. The van der Waals surface area contributed by atoms with Gasteiger partial charge < -0.3 is 10.2 Å². The summed E-state index contributed by atoms with van der Waals surface area (Å²) in [4.78, 5) is 31.1. The third-order valence-electron chi connectivity index (χ3n) is 4.75. The van der Waals surface area contributed by atoms with Crippen molar-refractivity contribution in [3.8, 4) is 0 Å². The van der Waals surface area contributed by atoms with Crippen LogP contribution in [0, 0.1) is 5.92 Å². The Morgan fingerprint density at radius 2 is 2.25 bits per heavy atom. The number of amides is 2. The Hall–Kier alpha value is -2.22. The number of aromatic amines is 1. The maximum Gasteiger partial charge on any atom is 0.274 e. The maximum absolute atomic E-state index is 12.8. The molecule has 2 aliphatic rings. The number of rotatable bonds is 3. The molecule has 0 unspecified atom stereocenters. The van der Waals surface area contributed by atoms with Gasteiger partial charge in [0.15, 0.2) is 10.8 Å². The zero-order valence-electron chi connectivity index (χ0n) is 13.2. The number of aromatic nitrogens is 3. The van der Waals surface area contributed by atoms with Crippen LogP contribution in [0.4, 0.5) is 5.13 Å². The van der Waals surface area contributed by atoms with Crippen LogP contribution in [0.15, 0.2) is 11.6 Å². The Kier molecular flexibility index (Phi) is 4.05. The van der Waals surface area contributed by atoms with E-state index in [1.165, 1.54) is 11.3 Å². The van der Waals surface area contributed by atoms with Crippen LogP contribution in [-0.4, -0.2) is 45.0 Å². The van der Waals surface area contributed by atoms with Gasteiger partial charge in [-0.05, 0) is 32.1 Å². The molecule has 7 nitrogen and oxygen atoms in total. The van der Waals surface area contributed by atoms with Crippen LogP contribution in [0.5, 0.6) is 0 Å². The summed E-state index contributed by atoms with van der Waals surface area (Å²) in [5.74, 6) is -0.311. The molecule has 0 spiro atoms. The van der Waals surface area contributed by atoms with E-state index in [1.807, 2.05) is 5.38 Å². The third-order valence-corrected chi connectivity index (χ3v) is 5.44. The lowest BCUT2D eigenvalue weighted by Crippen LogP contribution is -2.44. The number of fused-ring (bicyclic) bond motifs is 1. The first kappa shape index (κ1) is 15.3. The number of anilines is 1. The van der Waals surface area contributed by atoms with Gasteiger partial charge in [0, 0.05) is 35.9 Å². The highest BCUT2D eigenvalue weighted by molar-refractivity contribution is 7.13. The second-order valence-electron chi connectivity index (χ2n) is 6.30. The van der Waals surface area contributed by atoms with Crippen molar-refractivity contribution in [3.05, 3.63) is 28.5 Å². The minimum atomic E-state index is -0.196. The number of H-pyrrole nitrogens is 1. The molecule has 1 atom stereocenters. The second-order valence-corrected chi connectivity index (χ2v) is 7.19. The van der Waals surface area contributed by atoms with E-state index in [4.69, 9.17) is 0 Å². The highest BCUT2D eigenvalue weighted by Gasteiger charge is 2.32. The van der Waals surface area contributed by atoms with Gasteiger partial charge in [-0.3, -0.25) is 14.7 Å². The lowest BCUT2D eigenvalue weighted by atomic mass is 9.96. The molecule has 1 saturated heterocycles. The zero-order valence-corrected chi connectivity index (χ0v) is 14.1. The van der Waals surface area contributed by atoms with E-state index in [2.05, 4.69) is 20.5 Å². The van der Waals surface area contributed by atoms with E-state index in [1.54, 1.807) is 11.1 Å². The molecule has 126 valence electrons. The molecule has 2 N–H and O–H groups in total. The normalized spacial score (nSPS) is 20.0. The number of likely N-dealkylation sites (tertiary alicyclic amines) is 1. The standard InChI is InChI=1S/C16H19N5O2S/c22-14(18-16-17-6-8-24-16)10-3-2-7-21(9-10)15(23)13-11-4-1-5-12(11)19-20-13/h6,8,10H,1-5,7,9H2,(H,19,20)(H,17,18,22)/t10-/m0/s1. The molecule has 0 aromatic carbocycles. The molecule has 0 radical (unpaired) electrons. The summed E-state index contributed by atoms with van der Waals surface area (Å²) < 4.78 is 0. The fourth-order valence-corrected chi connectivity index (χ4v) is 4.05. The van der Waals surface area contributed by atoms with Crippen LogP contribution in [0.25, 0.3) is 0 Å². The van der Waals surface area contributed by atoms with Crippen LogP contribution in [-0.2, 0) is 17.6 Å². The van der Waals surface area contributed by atoms with Crippen molar-refractivity contribution in [2.24, 2.45) is 5.92 Å². The lowest BCUT2D eigenvalue weighted by molar-refractivity contribution is -0.121. The Balaban J connectivity index is 1.44. The van der Waals surface area contributed by atoms with Crippen molar-refractivity contribution >= 4 is 28.3 Å². The summed E-state index contributed by atoms with van der Waals surface area (Å²) >= 11 is 1.40. The fraction of sp³-hybridized carbons (Fsp3) is 0.500. The first-order valence-corrected chi connectivity index (χ1v) is 9.16. The van der Waals surface area contributed by atoms with Gasteiger partial charge in [0.2, 0.25) is 5.91 Å². The van der Waals surface area contributed by atoms with E-state index >= 15 is 0 Å². The summed E-state index contributed by atoms with van der Waals surface area (Å²) in [6.45, 7) is 1.12. The van der Waals surface area contributed by atoms with E-state index in [0.717, 1.165) is 43.4 Å². The smallest absolute Gasteiger partial charge is 0.274 e. The highest BCUT2D eigenvalue weighted by atomic mass is 32.1. The number of hydrogen-bond donors (Lipinski definition) is 2. The van der Waals surface area contributed by atoms with E-state index in [-0.39, 0.29) is 17.7 Å². The van der Waals surface area contributed by atoms with Gasteiger partial charge >= 0.3 is 0 Å². The van der Waals surface area contributed by atoms with Crippen LogP contribution in [0.2, 0.25) is 0 Å². The van der Waals surface area contributed by atoms with Crippen LogP contribution >= 0.6 is 11.3 Å². The van der Waals surface area contributed by atoms with Gasteiger partial charge in [-0.15, -0.1) is 11.3 Å². The van der Waals surface area contributed by atoms with Gasteiger partial charge in [0.05, 0.1) is 5.92 Å². The average molecular weight is 345 g/mol. The molecular weight excluding hydrogens is 326 g/mol. The molecule has 1 aliphatic carbocycles. The summed E-state index contributed by atoms with van der Waals surface area (Å²) in [7, 11) is 0. The van der Waals surface area contributed by atoms with Crippen LogP contribution in [0.1, 0.15) is 41.0 Å². The molecule has 1 aliphatic heterocycles. The number of nitrogens with one attached hydrogen (secondary N) is 2. The van der Waals surface area contributed by atoms with Gasteiger partial charge in [0.25, 0.3) is 5.91 Å². The first-order valence-electron chi connectivity index (χ1n) is 8.28. The number of thiazole rings is 1. The Bertz CT molecular complexity index is 755. The third kappa shape index (κ3) is 2.82. The van der Waals surface area contributed by atoms with Crippen molar-refractivity contribution in [3.63, 3.8) is 0 Å². The summed E-state index contributed by atoms with van der Waals surface area (Å²) in [5, 5.41) is 12.5. The second kappa shape index (κ2) is 6.35. The summed E-state index contributed by atoms with van der Waals surface area (Å²) in [5.41, 5.74) is 2.70. The molecule has 2 aromatic rings. The number of nitrogens with zero attached hydrogens (tertiary/aromatic N) is 3. The number of carbonyl (C=O) groups is 2. The number of aryl methyl sites for hydroxylation is 1. The van der Waals surface area contributed by atoms with Crippen molar-refractivity contribution in [1.82, 2.24) is 20.1 Å². The molecule has 24 heavy (non-hydrogen) atoms. The maximum atomic E-state index is 12.8. The van der Waals surface area contributed by atoms with Gasteiger partial charge in [-0.25, -0.2) is 4.98 Å². The molecule has 1 fully saturated rings. The molecule has 2 aromatic heterocycles. The average Bonchev–Trinajstić information content (AvgIpc) is 3.32. The van der Waals surface area contributed by atoms with Crippen LogP contribution in [0.3, 0.4) is 0 Å².